The van der Waals surface area contributed by atoms with Gasteiger partial charge in [0.05, 0.1) is 0 Å². The first-order valence-electron chi connectivity index (χ1n) is 6.51. The van der Waals surface area contributed by atoms with Crippen molar-refractivity contribution in [3.05, 3.63) is 18.7 Å². The van der Waals surface area contributed by atoms with E-state index in [2.05, 4.69) is 44.4 Å². The first kappa shape index (κ1) is 12.3. The van der Waals surface area contributed by atoms with Gasteiger partial charge in [-0.25, -0.2) is 4.98 Å². The van der Waals surface area contributed by atoms with Gasteiger partial charge in [-0.05, 0) is 14.1 Å². The van der Waals surface area contributed by atoms with Gasteiger partial charge in [0.1, 0.15) is 6.33 Å². The predicted molar refractivity (Wildman–Crippen MR) is 73.2 cm³/mol. The summed E-state index contributed by atoms with van der Waals surface area (Å²) in [6, 6.07) is 0.490. The Labute approximate surface area is 112 Å². The molecular weight excluding hydrogens is 242 g/mol. The second kappa shape index (κ2) is 5.10. The van der Waals surface area contributed by atoms with Crippen molar-refractivity contribution in [2.45, 2.75) is 6.04 Å². The zero-order valence-electron chi connectivity index (χ0n) is 11.3. The summed E-state index contributed by atoms with van der Waals surface area (Å²) in [5, 5.41) is 11.4. The third-order valence-electron chi connectivity index (χ3n) is 3.70. The summed E-state index contributed by atoms with van der Waals surface area (Å²) in [5.74, 6) is 0.793. The first-order chi connectivity index (χ1) is 9.24. The molecule has 0 radical (unpaired) electrons. The topological polar surface area (TPSA) is 61.6 Å². The van der Waals surface area contributed by atoms with E-state index < -0.39 is 0 Å². The molecule has 1 fully saturated rings. The molecule has 2 aromatic rings. The van der Waals surface area contributed by atoms with Crippen LogP contribution in [0.25, 0.3) is 5.65 Å². The van der Waals surface area contributed by atoms with Crippen molar-refractivity contribution in [2.24, 2.45) is 0 Å². The second-order valence-corrected chi connectivity index (χ2v) is 5.12. The summed E-state index contributed by atoms with van der Waals surface area (Å²) in [6.07, 6.45) is 5.29. The van der Waals surface area contributed by atoms with Crippen LogP contribution in [0.2, 0.25) is 0 Å². The molecule has 7 heteroatoms. The molecule has 102 valence electrons. The lowest BCUT2D eigenvalue weighted by Crippen LogP contribution is -2.52. The molecule has 0 bridgehead atoms. The van der Waals surface area contributed by atoms with E-state index in [4.69, 9.17) is 0 Å². The fourth-order valence-electron chi connectivity index (χ4n) is 2.42. The Morgan fingerprint density at radius 3 is 3.16 bits per heavy atom. The summed E-state index contributed by atoms with van der Waals surface area (Å²) in [7, 11) is 4.34. The van der Waals surface area contributed by atoms with Crippen LogP contribution in [-0.2, 0) is 0 Å². The molecule has 3 rings (SSSR count). The summed E-state index contributed by atoms with van der Waals surface area (Å²) >= 11 is 0. The summed E-state index contributed by atoms with van der Waals surface area (Å²) in [4.78, 5) is 9.09. The quantitative estimate of drug-likeness (QED) is 0.824. The number of aromatic nitrogens is 4. The minimum atomic E-state index is 0.490. The molecule has 0 aliphatic carbocycles. The van der Waals surface area contributed by atoms with Crippen LogP contribution in [-0.4, -0.2) is 75.7 Å². The molecule has 1 unspecified atom stereocenters. The highest BCUT2D eigenvalue weighted by Crippen LogP contribution is 2.11. The van der Waals surface area contributed by atoms with E-state index in [1.54, 1.807) is 12.5 Å². The minimum Gasteiger partial charge on any atom is -0.365 e. The summed E-state index contributed by atoms with van der Waals surface area (Å²) < 4.78 is 1.87. The molecule has 1 atom stereocenters. The van der Waals surface area contributed by atoms with Gasteiger partial charge >= 0.3 is 0 Å². The highest BCUT2D eigenvalue weighted by atomic mass is 15.3. The SMILES string of the molecule is CN1CCN(C)C(CNc2nccn3cnnc23)C1. The number of anilines is 1. The van der Waals surface area contributed by atoms with Crippen LogP contribution < -0.4 is 5.32 Å². The van der Waals surface area contributed by atoms with Gasteiger partial charge in [-0.2, -0.15) is 0 Å². The van der Waals surface area contributed by atoms with Crippen molar-refractivity contribution in [3.8, 4) is 0 Å². The number of nitrogens with zero attached hydrogens (tertiary/aromatic N) is 6. The lowest BCUT2D eigenvalue weighted by molar-refractivity contribution is 0.122. The summed E-state index contributed by atoms with van der Waals surface area (Å²) in [5.41, 5.74) is 0.773. The van der Waals surface area contributed by atoms with Crippen LogP contribution in [0.4, 0.5) is 5.82 Å². The number of nitrogens with one attached hydrogen (secondary N) is 1. The lowest BCUT2D eigenvalue weighted by Gasteiger charge is -2.37. The maximum absolute atomic E-state index is 4.34. The van der Waals surface area contributed by atoms with Gasteiger partial charge in [0.15, 0.2) is 5.82 Å². The maximum atomic E-state index is 4.34. The van der Waals surface area contributed by atoms with E-state index in [1.165, 1.54) is 0 Å². The number of likely N-dealkylation sites (N-methyl/N-ethyl adjacent to an activating group) is 2. The van der Waals surface area contributed by atoms with Crippen LogP contribution in [0.5, 0.6) is 0 Å². The molecule has 0 amide bonds. The molecule has 2 aromatic heterocycles. The van der Waals surface area contributed by atoms with E-state index in [0.29, 0.717) is 6.04 Å². The average Bonchev–Trinajstić information content (AvgIpc) is 2.88. The molecule has 0 spiro atoms. The number of hydrogen-bond donors (Lipinski definition) is 1. The highest BCUT2D eigenvalue weighted by molar-refractivity contribution is 5.61. The van der Waals surface area contributed by atoms with E-state index in [0.717, 1.165) is 37.6 Å². The van der Waals surface area contributed by atoms with Gasteiger partial charge in [-0.15, -0.1) is 10.2 Å². The third-order valence-corrected chi connectivity index (χ3v) is 3.70. The van der Waals surface area contributed by atoms with Gasteiger partial charge in [-0.1, -0.05) is 0 Å². The van der Waals surface area contributed by atoms with Gasteiger partial charge in [0.2, 0.25) is 5.65 Å². The zero-order chi connectivity index (χ0) is 13.2. The van der Waals surface area contributed by atoms with E-state index >= 15 is 0 Å². The fraction of sp³-hybridized carbons (Fsp3) is 0.583. The smallest absolute Gasteiger partial charge is 0.203 e. The van der Waals surface area contributed by atoms with Gasteiger partial charge in [-0.3, -0.25) is 9.30 Å². The fourth-order valence-corrected chi connectivity index (χ4v) is 2.42. The summed E-state index contributed by atoms with van der Waals surface area (Å²) in [6.45, 7) is 4.16. The van der Waals surface area contributed by atoms with Crippen molar-refractivity contribution in [1.82, 2.24) is 29.4 Å². The second-order valence-electron chi connectivity index (χ2n) is 5.12. The van der Waals surface area contributed by atoms with Crippen LogP contribution in [0.1, 0.15) is 0 Å². The van der Waals surface area contributed by atoms with Crippen molar-refractivity contribution in [1.29, 1.82) is 0 Å². The number of piperazine rings is 1. The molecule has 1 aliphatic rings. The van der Waals surface area contributed by atoms with Gasteiger partial charge < -0.3 is 10.2 Å². The van der Waals surface area contributed by atoms with Crippen molar-refractivity contribution in [2.75, 3.05) is 45.6 Å². The molecule has 1 N–H and O–H groups in total. The normalized spacial score (nSPS) is 21.9. The van der Waals surface area contributed by atoms with E-state index in [9.17, 15) is 0 Å². The Balaban J connectivity index is 1.70. The lowest BCUT2D eigenvalue weighted by atomic mass is 10.2. The number of hydrogen-bond acceptors (Lipinski definition) is 6. The Kier molecular flexibility index (Phi) is 3.31. The van der Waals surface area contributed by atoms with Gasteiger partial charge in [0, 0.05) is 44.6 Å². The van der Waals surface area contributed by atoms with Crippen molar-refractivity contribution in [3.63, 3.8) is 0 Å². The molecule has 0 aromatic carbocycles. The van der Waals surface area contributed by atoms with Crippen LogP contribution >= 0.6 is 0 Å². The Morgan fingerprint density at radius 2 is 2.26 bits per heavy atom. The standard InChI is InChI=1S/C12H19N7/c1-17-5-6-18(2)10(8-17)7-14-11-12-16-15-9-19(12)4-3-13-11/h3-4,9-10H,5-8H2,1-2H3,(H,13,14). The van der Waals surface area contributed by atoms with Gasteiger partial charge in [0.25, 0.3) is 0 Å². The third kappa shape index (κ3) is 2.52. The minimum absolute atomic E-state index is 0.490. The first-order valence-corrected chi connectivity index (χ1v) is 6.51. The van der Waals surface area contributed by atoms with E-state index in [1.807, 2.05) is 10.6 Å². The largest absolute Gasteiger partial charge is 0.365 e. The molecule has 7 nitrogen and oxygen atoms in total. The molecule has 1 aliphatic heterocycles. The van der Waals surface area contributed by atoms with Crippen LogP contribution in [0.15, 0.2) is 18.7 Å². The zero-order valence-corrected chi connectivity index (χ0v) is 11.3. The number of rotatable bonds is 3. The Hall–Kier alpha value is -1.73. The van der Waals surface area contributed by atoms with Crippen LogP contribution in [0, 0.1) is 0 Å². The number of fused-ring (bicyclic) bond motifs is 1. The van der Waals surface area contributed by atoms with Crippen LogP contribution in [0.3, 0.4) is 0 Å². The molecule has 19 heavy (non-hydrogen) atoms. The maximum Gasteiger partial charge on any atom is 0.203 e. The van der Waals surface area contributed by atoms with Crippen molar-refractivity contribution >= 4 is 11.5 Å². The van der Waals surface area contributed by atoms with E-state index in [-0.39, 0.29) is 0 Å². The monoisotopic (exact) mass is 261 g/mol. The predicted octanol–water partition coefficient (Wildman–Crippen LogP) is -0.218. The molecule has 1 saturated heterocycles. The molecule has 0 saturated carbocycles. The molecular formula is C12H19N7. The Morgan fingerprint density at radius 1 is 1.37 bits per heavy atom. The molecule has 3 heterocycles. The average molecular weight is 261 g/mol. The van der Waals surface area contributed by atoms with Crippen molar-refractivity contribution < 1.29 is 0 Å². The highest BCUT2D eigenvalue weighted by Gasteiger charge is 2.22. The Bertz CT molecular complexity index is 552.